The minimum Gasteiger partial charge on any atom is -0.350 e. The van der Waals surface area contributed by atoms with Gasteiger partial charge in [-0.3, -0.25) is 19.7 Å². The maximum atomic E-state index is 11.6. The van der Waals surface area contributed by atoms with Crippen LogP contribution in [0.15, 0.2) is 47.8 Å². The predicted molar refractivity (Wildman–Crippen MR) is 76.5 cm³/mol. The van der Waals surface area contributed by atoms with E-state index in [1.807, 2.05) is 0 Å². The summed E-state index contributed by atoms with van der Waals surface area (Å²) >= 11 is 0. The molecule has 0 amide bonds. The maximum absolute atomic E-state index is 11.6. The molecule has 0 saturated carbocycles. The van der Waals surface area contributed by atoms with Gasteiger partial charge in [0.25, 0.3) is 5.69 Å². The first kappa shape index (κ1) is 14.6. The first-order chi connectivity index (χ1) is 9.90. The van der Waals surface area contributed by atoms with E-state index in [4.69, 9.17) is 0 Å². The fourth-order valence-corrected chi connectivity index (χ4v) is 2.16. The molecule has 0 aliphatic carbocycles. The molecule has 0 aromatic heterocycles. The van der Waals surface area contributed by atoms with Crippen molar-refractivity contribution in [2.75, 3.05) is 0 Å². The van der Waals surface area contributed by atoms with E-state index in [-0.39, 0.29) is 28.6 Å². The average Bonchev–Trinajstić information content (AvgIpc) is 2.46. The van der Waals surface area contributed by atoms with Gasteiger partial charge in [-0.1, -0.05) is 18.2 Å². The summed E-state index contributed by atoms with van der Waals surface area (Å²) in [4.78, 5) is 33.8. The van der Waals surface area contributed by atoms with Gasteiger partial charge in [-0.2, -0.15) is 0 Å². The number of dihydropyridines is 1. The van der Waals surface area contributed by atoms with E-state index in [2.05, 4.69) is 5.32 Å². The van der Waals surface area contributed by atoms with Crippen LogP contribution in [0.3, 0.4) is 0 Å². The fourth-order valence-electron chi connectivity index (χ4n) is 2.16. The van der Waals surface area contributed by atoms with Crippen molar-refractivity contribution in [2.45, 2.75) is 19.8 Å². The molecule has 0 bridgehead atoms. The Balaban J connectivity index is 2.55. The highest BCUT2D eigenvalue weighted by atomic mass is 16.6. The number of rotatable bonds is 4. The number of ketones is 2. The SMILES string of the molecule is CC(=O)C1=CC(c2ccccc2[N+](=O)[O-])C=C(C(C)=O)N1. The van der Waals surface area contributed by atoms with E-state index < -0.39 is 10.8 Å². The molecule has 1 aliphatic rings. The third kappa shape index (κ3) is 3.05. The van der Waals surface area contributed by atoms with Crippen LogP contribution >= 0.6 is 0 Å². The summed E-state index contributed by atoms with van der Waals surface area (Å²) in [6.45, 7) is 2.75. The van der Waals surface area contributed by atoms with Crippen molar-refractivity contribution in [1.82, 2.24) is 5.32 Å². The van der Waals surface area contributed by atoms with E-state index >= 15 is 0 Å². The number of nitrogens with zero attached hydrogens (tertiary/aromatic N) is 1. The number of carbonyl (C=O) groups is 2. The monoisotopic (exact) mass is 286 g/mol. The second-order valence-electron chi connectivity index (χ2n) is 4.74. The molecule has 0 atom stereocenters. The summed E-state index contributed by atoms with van der Waals surface area (Å²) in [7, 11) is 0. The lowest BCUT2D eigenvalue weighted by Gasteiger charge is -2.20. The Morgan fingerprint density at radius 2 is 1.62 bits per heavy atom. The van der Waals surface area contributed by atoms with Crippen LogP contribution in [0.4, 0.5) is 5.69 Å². The zero-order valence-electron chi connectivity index (χ0n) is 11.6. The lowest BCUT2D eigenvalue weighted by atomic mass is 9.92. The van der Waals surface area contributed by atoms with Gasteiger partial charge in [0, 0.05) is 31.4 Å². The first-order valence-electron chi connectivity index (χ1n) is 6.36. The third-order valence-electron chi connectivity index (χ3n) is 3.21. The molecule has 1 heterocycles. The molecule has 21 heavy (non-hydrogen) atoms. The Kier molecular flexibility index (Phi) is 3.98. The summed E-state index contributed by atoms with van der Waals surface area (Å²) in [6.07, 6.45) is 3.19. The second kappa shape index (κ2) is 5.70. The van der Waals surface area contributed by atoms with Gasteiger partial charge in [-0.25, -0.2) is 0 Å². The molecule has 0 fully saturated rings. The fraction of sp³-hybridized carbons (Fsp3) is 0.200. The van der Waals surface area contributed by atoms with Crippen LogP contribution < -0.4 is 5.32 Å². The predicted octanol–water partition coefficient (Wildman–Crippen LogP) is 2.23. The van der Waals surface area contributed by atoms with E-state index in [1.54, 1.807) is 30.4 Å². The molecule has 1 aliphatic heterocycles. The van der Waals surface area contributed by atoms with Gasteiger partial charge in [0.05, 0.1) is 16.3 Å². The number of Topliss-reactive ketones (excluding diaryl/α,β-unsaturated/α-hetero) is 2. The van der Waals surface area contributed by atoms with Crippen molar-refractivity contribution < 1.29 is 14.5 Å². The molecule has 2 rings (SSSR count). The molecule has 6 nitrogen and oxygen atoms in total. The van der Waals surface area contributed by atoms with Gasteiger partial charge in [-0.15, -0.1) is 0 Å². The van der Waals surface area contributed by atoms with Gasteiger partial charge in [-0.05, 0) is 12.2 Å². The van der Waals surface area contributed by atoms with Crippen LogP contribution in [0.1, 0.15) is 25.3 Å². The summed E-state index contributed by atoms with van der Waals surface area (Å²) in [5.41, 5.74) is 0.945. The summed E-state index contributed by atoms with van der Waals surface area (Å²) < 4.78 is 0. The van der Waals surface area contributed by atoms with Crippen LogP contribution in [0.5, 0.6) is 0 Å². The van der Waals surface area contributed by atoms with Gasteiger partial charge < -0.3 is 5.32 Å². The van der Waals surface area contributed by atoms with Crippen molar-refractivity contribution >= 4 is 17.3 Å². The normalized spacial score (nSPS) is 14.8. The zero-order chi connectivity index (χ0) is 15.6. The van der Waals surface area contributed by atoms with Crippen LogP contribution in [0, 0.1) is 10.1 Å². The third-order valence-corrected chi connectivity index (χ3v) is 3.21. The lowest BCUT2D eigenvalue weighted by molar-refractivity contribution is -0.385. The van der Waals surface area contributed by atoms with Crippen LogP contribution in [-0.2, 0) is 9.59 Å². The van der Waals surface area contributed by atoms with Crippen molar-refractivity contribution in [2.24, 2.45) is 0 Å². The standard InChI is InChI=1S/C15H14N2O4/c1-9(18)13-7-11(8-14(16-13)10(2)19)12-5-3-4-6-15(12)17(20)21/h3-8,11,16H,1-2H3. The Morgan fingerprint density at radius 3 is 2.10 bits per heavy atom. The number of hydrogen-bond donors (Lipinski definition) is 1. The minimum atomic E-state index is -0.495. The summed E-state index contributed by atoms with van der Waals surface area (Å²) in [5, 5.41) is 13.9. The Morgan fingerprint density at radius 1 is 1.10 bits per heavy atom. The number of para-hydroxylation sites is 1. The lowest BCUT2D eigenvalue weighted by Crippen LogP contribution is -2.26. The molecule has 0 spiro atoms. The molecule has 1 N–H and O–H groups in total. The van der Waals surface area contributed by atoms with Gasteiger partial charge in [0.2, 0.25) is 0 Å². The maximum Gasteiger partial charge on any atom is 0.273 e. The molecule has 0 saturated heterocycles. The highest BCUT2D eigenvalue weighted by Crippen LogP contribution is 2.31. The first-order valence-corrected chi connectivity index (χ1v) is 6.36. The molecule has 0 radical (unpaired) electrons. The van der Waals surface area contributed by atoms with Gasteiger partial charge in [0.1, 0.15) is 0 Å². The Hall–Kier alpha value is -2.76. The molecule has 108 valence electrons. The van der Waals surface area contributed by atoms with Crippen LogP contribution in [-0.4, -0.2) is 16.5 Å². The van der Waals surface area contributed by atoms with E-state index in [9.17, 15) is 19.7 Å². The second-order valence-corrected chi connectivity index (χ2v) is 4.74. The highest BCUT2D eigenvalue weighted by molar-refractivity contribution is 5.99. The number of carbonyl (C=O) groups excluding carboxylic acids is 2. The number of allylic oxidation sites excluding steroid dienone is 4. The Bertz CT molecular complexity index is 659. The molecule has 1 aromatic carbocycles. The largest absolute Gasteiger partial charge is 0.350 e. The van der Waals surface area contributed by atoms with Crippen molar-refractivity contribution in [3.8, 4) is 0 Å². The zero-order valence-corrected chi connectivity index (χ0v) is 11.6. The number of nitrogens with one attached hydrogen (secondary N) is 1. The van der Waals surface area contributed by atoms with E-state index in [0.29, 0.717) is 5.56 Å². The highest BCUT2D eigenvalue weighted by Gasteiger charge is 2.24. The summed E-state index contributed by atoms with van der Waals surface area (Å²) in [6, 6.07) is 6.29. The van der Waals surface area contributed by atoms with Crippen LogP contribution in [0.2, 0.25) is 0 Å². The van der Waals surface area contributed by atoms with Crippen molar-refractivity contribution in [3.63, 3.8) is 0 Å². The number of nitro groups is 1. The topological polar surface area (TPSA) is 89.3 Å². The molecule has 6 heteroatoms. The smallest absolute Gasteiger partial charge is 0.273 e. The summed E-state index contributed by atoms with van der Waals surface area (Å²) in [5.74, 6) is -0.957. The quantitative estimate of drug-likeness (QED) is 0.677. The van der Waals surface area contributed by atoms with Gasteiger partial charge in [0.15, 0.2) is 11.6 Å². The number of hydrogen-bond acceptors (Lipinski definition) is 5. The molecular weight excluding hydrogens is 272 g/mol. The van der Waals surface area contributed by atoms with Crippen molar-refractivity contribution in [3.05, 3.63) is 63.5 Å². The van der Waals surface area contributed by atoms with E-state index in [0.717, 1.165) is 0 Å². The molecule has 1 aromatic rings. The molecular formula is C15H14N2O4. The van der Waals surface area contributed by atoms with Crippen molar-refractivity contribution in [1.29, 1.82) is 0 Å². The minimum absolute atomic E-state index is 0.0392. The molecule has 0 unspecified atom stereocenters. The Labute approximate surface area is 121 Å². The van der Waals surface area contributed by atoms with Crippen LogP contribution in [0.25, 0.3) is 0 Å². The van der Waals surface area contributed by atoms with E-state index in [1.165, 1.54) is 19.9 Å². The average molecular weight is 286 g/mol. The van der Waals surface area contributed by atoms with Gasteiger partial charge >= 0.3 is 0 Å². The number of benzene rings is 1. The number of nitro benzene ring substituents is 1.